The Hall–Kier alpha value is -2.08. The Balaban J connectivity index is 2.32. The highest BCUT2D eigenvalue weighted by molar-refractivity contribution is 9.10. The van der Waals surface area contributed by atoms with E-state index in [1.165, 1.54) is 0 Å². The third-order valence-corrected chi connectivity index (χ3v) is 4.74. The molecule has 1 amide bonds. The summed E-state index contributed by atoms with van der Waals surface area (Å²) in [5.41, 5.74) is 3.20. The van der Waals surface area contributed by atoms with E-state index in [0.717, 1.165) is 21.3 Å². The fourth-order valence-corrected chi connectivity index (χ4v) is 3.63. The monoisotopic (exact) mass is 403 g/mol. The first-order valence-corrected chi connectivity index (χ1v) is 9.24. The smallest absolute Gasteiger partial charge is 0.256 e. The lowest BCUT2D eigenvalue weighted by Gasteiger charge is -2.37. The number of fused-ring (bicyclic) bond motifs is 3. The van der Waals surface area contributed by atoms with Crippen molar-refractivity contribution in [3.8, 4) is 17.0 Å². The van der Waals surface area contributed by atoms with Gasteiger partial charge in [0.1, 0.15) is 0 Å². The number of nitrogens with one attached hydrogen (secondary N) is 1. The molecule has 1 atom stereocenters. The van der Waals surface area contributed by atoms with E-state index in [1.54, 1.807) is 12.3 Å². The number of rotatable bonds is 3. The van der Waals surface area contributed by atoms with Crippen molar-refractivity contribution in [1.29, 1.82) is 0 Å². The van der Waals surface area contributed by atoms with Gasteiger partial charge in [0, 0.05) is 28.0 Å². The molecule has 0 bridgehead atoms. The lowest BCUT2D eigenvalue weighted by atomic mass is 9.96. The van der Waals surface area contributed by atoms with E-state index in [2.05, 4.69) is 26.2 Å². The van der Waals surface area contributed by atoms with Crippen LogP contribution < -0.4 is 10.1 Å². The second kappa shape index (κ2) is 7.04. The van der Waals surface area contributed by atoms with Crippen molar-refractivity contribution in [1.82, 2.24) is 9.88 Å². The van der Waals surface area contributed by atoms with Gasteiger partial charge in [0.15, 0.2) is 0 Å². The first-order valence-electron chi connectivity index (χ1n) is 8.45. The maximum atomic E-state index is 13.3. The number of amides is 1. The van der Waals surface area contributed by atoms with Crippen LogP contribution in [0.5, 0.6) is 5.88 Å². The van der Waals surface area contributed by atoms with Crippen LogP contribution in [0.1, 0.15) is 38.1 Å². The number of carbonyl (C=O) groups excluding carboxylic acids is 1. The van der Waals surface area contributed by atoms with Crippen LogP contribution in [-0.2, 0) is 0 Å². The van der Waals surface area contributed by atoms with E-state index in [0.29, 0.717) is 18.1 Å². The van der Waals surface area contributed by atoms with Crippen LogP contribution in [0.4, 0.5) is 5.69 Å². The molecule has 5 nitrogen and oxygen atoms in total. The van der Waals surface area contributed by atoms with Crippen molar-refractivity contribution in [2.75, 3.05) is 11.9 Å². The molecule has 2 heterocycles. The summed E-state index contributed by atoms with van der Waals surface area (Å²) in [5.74, 6) is 0.451. The highest BCUT2D eigenvalue weighted by atomic mass is 79.9. The molecule has 132 valence electrons. The molecule has 1 aliphatic rings. The van der Waals surface area contributed by atoms with Gasteiger partial charge in [0.05, 0.1) is 23.9 Å². The average molecular weight is 404 g/mol. The molecule has 1 aromatic carbocycles. The fourth-order valence-electron chi connectivity index (χ4n) is 3.27. The molecular weight excluding hydrogens is 382 g/mol. The zero-order valence-corrected chi connectivity index (χ0v) is 16.4. The Morgan fingerprint density at radius 2 is 2.08 bits per heavy atom. The van der Waals surface area contributed by atoms with Gasteiger partial charge in [-0.15, -0.1) is 0 Å². The SMILES string of the molecule is CCOc1nccc2c1-c1cc(Br)ccc1NC(C)N(C(C)C)C2=O. The van der Waals surface area contributed by atoms with Crippen LogP contribution >= 0.6 is 15.9 Å². The number of carbonyl (C=O) groups is 1. The zero-order chi connectivity index (χ0) is 18.1. The van der Waals surface area contributed by atoms with Crippen LogP contribution in [-0.4, -0.2) is 34.6 Å². The predicted octanol–water partition coefficient (Wildman–Crippen LogP) is 4.53. The maximum Gasteiger partial charge on any atom is 0.256 e. The molecule has 2 aromatic rings. The predicted molar refractivity (Wildman–Crippen MR) is 103 cm³/mol. The number of nitrogens with zero attached hydrogens (tertiary/aromatic N) is 2. The van der Waals surface area contributed by atoms with E-state index >= 15 is 0 Å². The summed E-state index contributed by atoms with van der Waals surface area (Å²) in [5, 5.41) is 3.46. The van der Waals surface area contributed by atoms with E-state index < -0.39 is 0 Å². The van der Waals surface area contributed by atoms with Crippen molar-refractivity contribution in [2.24, 2.45) is 0 Å². The zero-order valence-electron chi connectivity index (χ0n) is 14.8. The molecule has 1 N–H and O–H groups in total. The summed E-state index contributed by atoms with van der Waals surface area (Å²) in [6.07, 6.45) is 1.50. The molecule has 0 fully saturated rings. The van der Waals surface area contributed by atoms with Gasteiger partial charge in [-0.1, -0.05) is 15.9 Å². The second-order valence-electron chi connectivity index (χ2n) is 6.29. The van der Waals surface area contributed by atoms with Gasteiger partial charge in [-0.2, -0.15) is 0 Å². The summed E-state index contributed by atoms with van der Waals surface area (Å²) in [4.78, 5) is 19.5. The van der Waals surface area contributed by atoms with Crippen LogP contribution in [0, 0.1) is 0 Å². The molecule has 0 saturated carbocycles. The topological polar surface area (TPSA) is 54.5 Å². The molecule has 6 heteroatoms. The quantitative estimate of drug-likeness (QED) is 0.817. The number of anilines is 1. The number of pyridine rings is 1. The van der Waals surface area contributed by atoms with Crippen molar-refractivity contribution >= 4 is 27.5 Å². The third kappa shape index (κ3) is 3.23. The van der Waals surface area contributed by atoms with Crippen LogP contribution in [0.25, 0.3) is 11.1 Å². The van der Waals surface area contributed by atoms with Crippen molar-refractivity contribution < 1.29 is 9.53 Å². The van der Waals surface area contributed by atoms with Gasteiger partial charge in [-0.3, -0.25) is 4.79 Å². The first-order chi connectivity index (χ1) is 11.9. The van der Waals surface area contributed by atoms with Gasteiger partial charge in [-0.05, 0) is 52.0 Å². The number of aromatic nitrogens is 1. The molecule has 25 heavy (non-hydrogen) atoms. The van der Waals surface area contributed by atoms with E-state index in [-0.39, 0.29) is 18.1 Å². The Labute approximate surface area is 156 Å². The molecular formula is C19H22BrN3O2. The molecule has 1 unspecified atom stereocenters. The Kier molecular flexibility index (Phi) is 4.99. The minimum absolute atomic E-state index is 0.0287. The molecule has 1 aromatic heterocycles. The highest BCUT2D eigenvalue weighted by Gasteiger charge is 2.31. The summed E-state index contributed by atoms with van der Waals surface area (Å²) in [6, 6.07) is 7.83. The number of benzene rings is 1. The summed E-state index contributed by atoms with van der Waals surface area (Å²) < 4.78 is 6.68. The molecule has 1 aliphatic heterocycles. The maximum absolute atomic E-state index is 13.3. The average Bonchev–Trinajstić information content (AvgIpc) is 2.55. The minimum Gasteiger partial charge on any atom is -0.478 e. The highest BCUT2D eigenvalue weighted by Crippen LogP contribution is 2.40. The standard InChI is InChI=1S/C19H22BrN3O2/c1-5-25-18-17-14(8-9-21-18)19(24)23(11(2)3)12(4)22-16-7-6-13(20)10-15(16)17/h6-12,22H,5H2,1-4H3. The van der Waals surface area contributed by atoms with E-state index in [1.807, 2.05) is 50.8 Å². The van der Waals surface area contributed by atoms with Gasteiger partial charge in [0.2, 0.25) is 5.88 Å². The van der Waals surface area contributed by atoms with Gasteiger partial charge >= 0.3 is 0 Å². The number of halogens is 1. The molecule has 0 radical (unpaired) electrons. The van der Waals surface area contributed by atoms with Gasteiger partial charge in [0.25, 0.3) is 5.91 Å². The van der Waals surface area contributed by atoms with Gasteiger partial charge < -0.3 is 15.0 Å². The van der Waals surface area contributed by atoms with Gasteiger partial charge in [-0.25, -0.2) is 4.98 Å². The normalized spacial score (nSPS) is 16.6. The van der Waals surface area contributed by atoms with Crippen molar-refractivity contribution in [2.45, 2.75) is 39.9 Å². The molecule has 3 rings (SSSR count). The largest absolute Gasteiger partial charge is 0.478 e. The van der Waals surface area contributed by atoms with Crippen LogP contribution in [0.3, 0.4) is 0 Å². The minimum atomic E-state index is -0.135. The Morgan fingerprint density at radius 1 is 1.32 bits per heavy atom. The summed E-state index contributed by atoms with van der Waals surface area (Å²) in [6.45, 7) is 8.43. The molecule has 0 spiro atoms. The number of ether oxygens (including phenoxy) is 1. The van der Waals surface area contributed by atoms with Crippen molar-refractivity contribution in [3.05, 3.63) is 40.5 Å². The number of hydrogen-bond acceptors (Lipinski definition) is 4. The lowest BCUT2D eigenvalue weighted by molar-refractivity contribution is 0.0650. The Morgan fingerprint density at radius 3 is 2.76 bits per heavy atom. The lowest BCUT2D eigenvalue weighted by Crippen LogP contribution is -2.48. The second-order valence-corrected chi connectivity index (χ2v) is 7.20. The molecule has 0 saturated heterocycles. The third-order valence-electron chi connectivity index (χ3n) is 4.25. The van der Waals surface area contributed by atoms with Crippen molar-refractivity contribution in [3.63, 3.8) is 0 Å². The molecule has 0 aliphatic carbocycles. The van der Waals surface area contributed by atoms with E-state index in [4.69, 9.17) is 4.74 Å². The number of hydrogen-bond donors (Lipinski definition) is 1. The fraction of sp³-hybridized carbons (Fsp3) is 0.368. The van der Waals surface area contributed by atoms with Crippen LogP contribution in [0.15, 0.2) is 34.9 Å². The summed E-state index contributed by atoms with van der Waals surface area (Å²) >= 11 is 3.53. The first kappa shape index (κ1) is 17.7. The summed E-state index contributed by atoms with van der Waals surface area (Å²) in [7, 11) is 0. The Bertz CT molecular complexity index is 807. The van der Waals surface area contributed by atoms with E-state index in [9.17, 15) is 4.79 Å². The van der Waals surface area contributed by atoms with Crippen LogP contribution in [0.2, 0.25) is 0 Å².